The molecule has 0 radical (unpaired) electrons. The highest BCUT2D eigenvalue weighted by Gasteiger charge is 2.14. The third-order valence-electron chi connectivity index (χ3n) is 2.60. The van der Waals surface area contributed by atoms with Crippen molar-refractivity contribution >= 4 is 11.9 Å². The van der Waals surface area contributed by atoms with E-state index in [-0.39, 0.29) is 24.2 Å². The first-order valence-corrected chi connectivity index (χ1v) is 5.88. The van der Waals surface area contributed by atoms with E-state index in [0.717, 1.165) is 0 Å². The summed E-state index contributed by atoms with van der Waals surface area (Å²) in [5.41, 5.74) is 0.196. The van der Waals surface area contributed by atoms with E-state index in [2.05, 4.69) is 10.3 Å². The Morgan fingerprint density at radius 3 is 2.61 bits per heavy atom. The summed E-state index contributed by atoms with van der Waals surface area (Å²) in [4.78, 5) is 26.8. The van der Waals surface area contributed by atoms with Gasteiger partial charge in [0.2, 0.25) is 0 Å². The van der Waals surface area contributed by atoms with E-state index < -0.39 is 5.97 Å². The molecule has 0 bridgehead atoms. The minimum Gasteiger partial charge on any atom is -0.451 e. The second kappa shape index (κ2) is 6.74. The Balaban J connectivity index is 2.37. The zero-order chi connectivity index (χ0) is 13.5. The molecule has 0 aliphatic heterocycles. The summed E-state index contributed by atoms with van der Waals surface area (Å²) >= 11 is 0. The van der Waals surface area contributed by atoms with Crippen molar-refractivity contribution < 1.29 is 14.3 Å². The van der Waals surface area contributed by atoms with Crippen molar-refractivity contribution in [3.05, 3.63) is 30.1 Å². The topological polar surface area (TPSA) is 68.3 Å². The molecular formula is C13H18N2O3. The van der Waals surface area contributed by atoms with E-state index in [1.54, 1.807) is 12.1 Å². The zero-order valence-corrected chi connectivity index (χ0v) is 10.8. The lowest BCUT2D eigenvalue weighted by Gasteiger charge is -2.17. The Hall–Kier alpha value is -1.91. The number of pyridine rings is 1. The van der Waals surface area contributed by atoms with Crippen LogP contribution in [-0.4, -0.2) is 29.5 Å². The van der Waals surface area contributed by atoms with Crippen LogP contribution < -0.4 is 5.32 Å². The van der Waals surface area contributed by atoms with Crippen LogP contribution in [0, 0.1) is 5.92 Å². The monoisotopic (exact) mass is 250 g/mol. The predicted octanol–water partition coefficient (Wildman–Crippen LogP) is 1.40. The number of hydrogen-bond donors (Lipinski definition) is 1. The lowest BCUT2D eigenvalue weighted by atomic mass is 10.1. The number of nitrogens with zero attached hydrogens (tertiary/aromatic N) is 1. The van der Waals surface area contributed by atoms with Gasteiger partial charge in [-0.2, -0.15) is 0 Å². The maximum Gasteiger partial charge on any atom is 0.357 e. The van der Waals surface area contributed by atoms with Crippen LogP contribution in [0.2, 0.25) is 0 Å². The van der Waals surface area contributed by atoms with Crippen LogP contribution in [0.25, 0.3) is 0 Å². The van der Waals surface area contributed by atoms with Crippen LogP contribution in [0.3, 0.4) is 0 Å². The molecule has 1 rings (SSSR count). The van der Waals surface area contributed by atoms with E-state index in [1.807, 2.05) is 20.8 Å². The molecule has 1 aromatic heterocycles. The molecule has 0 aliphatic carbocycles. The zero-order valence-electron chi connectivity index (χ0n) is 10.8. The van der Waals surface area contributed by atoms with Gasteiger partial charge < -0.3 is 10.1 Å². The van der Waals surface area contributed by atoms with Crippen LogP contribution in [0.5, 0.6) is 0 Å². The highest BCUT2D eigenvalue weighted by Crippen LogP contribution is 2.00. The van der Waals surface area contributed by atoms with Gasteiger partial charge in [-0.05, 0) is 25.0 Å². The number of esters is 1. The van der Waals surface area contributed by atoms with Gasteiger partial charge in [0.15, 0.2) is 6.61 Å². The Bertz CT molecular complexity index is 404. The van der Waals surface area contributed by atoms with E-state index in [4.69, 9.17) is 4.74 Å². The molecule has 0 saturated carbocycles. The summed E-state index contributed by atoms with van der Waals surface area (Å²) in [6, 6.07) is 4.97. The number of ether oxygens (including phenoxy) is 1. The van der Waals surface area contributed by atoms with Crippen molar-refractivity contribution in [1.82, 2.24) is 10.3 Å². The number of nitrogens with one attached hydrogen (secondary N) is 1. The van der Waals surface area contributed by atoms with Gasteiger partial charge in [0.1, 0.15) is 5.69 Å². The summed E-state index contributed by atoms with van der Waals surface area (Å²) < 4.78 is 4.86. The molecule has 1 amide bonds. The number of carbonyl (C=O) groups excluding carboxylic acids is 2. The predicted molar refractivity (Wildman–Crippen MR) is 67.0 cm³/mol. The maximum atomic E-state index is 11.5. The van der Waals surface area contributed by atoms with Crippen LogP contribution in [0.1, 0.15) is 31.3 Å². The molecule has 1 atom stereocenters. The van der Waals surface area contributed by atoms with Crippen molar-refractivity contribution in [2.45, 2.75) is 26.8 Å². The minimum atomic E-state index is -0.594. The van der Waals surface area contributed by atoms with Crippen LogP contribution in [-0.2, 0) is 9.53 Å². The van der Waals surface area contributed by atoms with Crippen molar-refractivity contribution in [2.75, 3.05) is 6.61 Å². The number of amides is 1. The van der Waals surface area contributed by atoms with Gasteiger partial charge in [-0.25, -0.2) is 9.78 Å². The molecule has 5 nitrogen and oxygen atoms in total. The number of aromatic nitrogens is 1. The molecule has 18 heavy (non-hydrogen) atoms. The molecule has 0 unspecified atom stereocenters. The molecule has 0 spiro atoms. The van der Waals surface area contributed by atoms with E-state index in [0.29, 0.717) is 5.92 Å². The van der Waals surface area contributed by atoms with E-state index in [9.17, 15) is 9.59 Å². The molecule has 1 aromatic rings. The largest absolute Gasteiger partial charge is 0.451 e. The second-order valence-corrected chi connectivity index (χ2v) is 4.39. The standard InChI is InChI=1S/C13H18N2O3/c1-9(2)10(3)15-12(16)8-18-13(17)11-6-4-5-7-14-11/h4-7,9-10H,8H2,1-3H3,(H,15,16)/t10-/m1/s1. The molecule has 0 saturated heterocycles. The number of carbonyl (C=O) groups is 2. The number of rotatable bonds is 5. The normalized spacial score (nSPS) is 12.0. The second-order valence-electron chi connectivity index (χ2n) is 4.39. The lowest BCUT2D eigenvalue weighted by Crippen LogP contribution is -2.38. The molecule has 0 fully saturated rings. The van der Waals surface area contributed by atoms with Crippen molar-refractivity contribution in [2.24, 2.45) is 5.92 Å². The molecule has 1 heterocycles. The summed E-state index contributed by atoms with van der Waals surface area (Å²) in [5, 5.41) is 2.75. The van der Waals surface area contributed by atoms with E-state index >= 15 is 0 Å². The SMILES string of the molecule is CC(C)[C@@H](C)NC(=O)COC(=O)c1ccccn1. The van der Waals surface area contributed by atoms with Crippen molar-refractivity contribution in [3.8, 4) is 0 Å². The van der Waals surface area contributed by atoms with Gasteiger partial charge in [-0.15, -0.1) is 0 Å². The van der Waals surface area contributed by atoms with Crippen LogP contribution >= 0.6 is 0 Å². The number of hydrogen-bond acceptors (Lipinski definition) is 4. The average Bonchev–Trinajstić information content (AvgIpc) is 2.36. The summed E-state index contributed by atoms with van der Waals surface area (Å²) in [6.45, 7) is 5.63. The molecule has 5 heteroatoms. The Kier molecular flexibility index (Phi) is 5.30. The first-order chi connectivity index (χ1) is 8.50. The van der Waals surface area contributed by atoms with Gasteiger partial charge in [0, 0.05) is 12.2 Å². The van der Waals surface area contributed by atoms with Crippen LogP contribution in [0.15, 0.2) is 24.4 Å². The fourth-order valence-electron chi connectivity index (χ4n) is 1.15. The van der Waals surface area contributed by atoms with Gasteiger partial charge in [0.05, 0.1) is 0 Å². The summed E-state index contributed by atoms with van der Waals surface area (Å²) in [7, 11) is 0. The highest BCUT2D eigenvalue weighted by atomic mass is 16.5. The molecule has 0 aromatic carbocycles. The van der Waals surface area contributed by atoms with Gasteiger partial charge in [-0.3, -0.25) is 4.79 Å². The quantitative estimate of drug-likeness (QED) is 0.802. The van der Waals surface area contributed by atoms with Gasteiger partial charge in [-0.1, -0.05) is 19.9 Å². The Labute approximate surface area is 107 Å². The van der Waals surface area contributed by atoms with Crippen molar-refractivity contribution in [3.63, 3.8) is 0 Å². The van der Waals surface area contributed by atoms with Crippen molar-refractivity contribution in [1.29, 1.82) is 0 Å². The minimum absolute atomic E-state index is 0.0473. The molecular weight excluding hydrogens is 232 g/mol. The smallest absolute Gasteiger partial charge is 0.357 e. The Morgan fingerprint density at radius 2 is 2.06 bits per heavy atom. The Morgan fingerprint density at radius 1 is 1.33 bits per heavy atom. The van der Waals surface area contributed by atoms with E-state index in [1.165, 1.54) is 12.3 Å². The molecule has 98 valence electrons. The van der Waals surface area contributed by atoms with Gasteiger partial charge >= 0.3 is 5.97 Å². The fraction of sp³-hybridized carbons (Fsp3) is 0.462. The van der Waals surface area contributed by atoms with Crippen LogP contribution in [0.4, 0.5) is 0 Å². The third-order valence-corrected chi connectivity index (χ3v) is 2.60. The third kappa shape index (κ3) is 4.53. The highest BCUT2D eigenvalue weighted by molar-refractivity contribution is 5.89. The first-order valence-electron chi connectivity index (χ1n) is 5.88. The summed E-state index contributed by atoms with van der Waals surface area (Å²) in [6.07, 6.45) is 1.50. The first kappa shape index (κ1) is 14.2. The fourth-order valence-corrected chi connectivity index (χ4v) is 1.15. The molecule has 0 aliphatic rings. The van der Waals surface area contributed by atoms with Gasteiger partial charge in [0.25, 0.3) is 5.91 Å². The molecule has 1 N–H and O–H groups in total. The summed E-state index contributed by atoms with van der Waals surface area (Å²) in [5.74, 6) is -0.566. The maximum absolute atomic E-state index is 11.5. The lowest BCUT2D eigenvalue weighted by molar-refractivity contribution is -0.125. The average molecular weight is 250 g/mol.